The summed E-state index contributed by atoms with van der Waals surface area (Å²) in [6, 6.07) is 11.0. The number of halogens is 2. The van der Waals surface area contributed by atoms with E-state index in [-0.39, 0.29) is 29.6 Å². The summed E-state index contributed by atoms with van der Waals surface area (Å²) in [5.41, 5.74) is 1.99. The number of rotatable bonds is 5. The summed E-state index contributed by atoms with van der Waals surface area (Å²) in [5, 5.41) is 2.52. The third-order valence-electron chi connectivity index (χ3n) is 4.66. The Morgan fingerprint density at radius 2 is 1.93 bits per heavy atom. The molecule has 2 aromatic carbocycles. The number of benzene rings is 2. The van der Waals surface area contributed by atoms with Crippen molar-refractivity contribution >= 4 is 40.8 Å². The summed E-state index contributed by atoms with van der Waals surface area (Å²) in [5.74, 6) is -2.59. The van der Waals surface area contributed by atoms with Crippen molar-refractivity contribution in [1.82, 2.24) is 0 Å². The second kappa shape index (κ2) is 8.61. The Morgan fingerprint density at radius 1 is 1.24 bits per heavy atom. The minimum Gasteiger partial charge on any atom is -0.452 e. The fraction of sp³-hybridized carbons (Fsp3) is 0.286. The summed E-state index contributed by atoms with van der Waals surface area (Å²) in [6.45, 7) is 3.55. The molecule has 29 heavy (non-hydrogen) atoms. The number of aryl methyl sites for hydroxylation is 1. The molecule has 0 unspecified atom stereocenters. The van der Waals surface area contributed by atoms with Gasteiger partial charge in [0.15, 0.2) is 6.10 Å². The van der Waals surface area contributed by atoms with E-state index >= 15 is 0 Å². The van der Waals surface area contributed by atoms with E-state index in [0.717, 1.165) is 17.7 Å². The first kappa shape index (κ1) is 20.8. The number of carbonyl (C=O) groups is 3. The highest BCUT2D eigenvalue weighted by atomic mass is 35.5. The van der Waals surface area contributed by atoms with Gasteiger partial charge in [0.25, 0.3) is 5.91 Å². The van der Waals surface area contributed by atoms with Gasteiger partial charge in [-0.05, 0) is 44.2 Å². The maximum absolute atomic E-state index is 13.1. The fourth-order valence-electron chi connectivity index (χ4n) is 2.99. The van der Waals surface area contributed by atoms with Crippen LogP contribution in [0.1, 0.15) is 18.9 Å². The molecular weight excluding hydrogens is 399 g/mol. The first-order valence-electron chi connectivity index (χ1n) is 9.08. The highest BCUT2D eigenvalue weighted by Gasteiger charge is 2.37. The largest absolute Gasteiger partial charge is 0.452 e. The van der Waals surface area contributed by atoms with E-state index in [4.69, 9.17) is 16.3 Å². The molecule has 6 nitrogen and oxygen atoms in total. The van der Waals surface area contributed by atoms with Crippen LogP contribution in [-0.4, -0.2) is 30.4 Å². The second-order valence-corrected chi connectivity index (χ2v) is 7.34. The summed E-state index contributed by atoms with van der Waals surface area (Å²) in [6.07, 6.45) is -1.09. The highest BCUT2D eigenvalue weighted by Crippen LogP contribution is 2.27. The molecule has 0 spiro atoms. The Bertz CT molecular complexity index is 948. The smallest absolute Gasteiger partial charge is 0.312 e. The zero-order chi connectivity index (χ0) is 21.1. The summed E-state index contributed by atoms with van der Waals surface area (Å²) >= 11 is 5.88. The molecule has 1 heterocycles. The van der Waals surface area contributed by atoms with Gasteiger partial charge in [-0.1, -0.05) is 29.3 Å². The third-order valence-corrected chi connectivity index (χ3v) is 4.97. The Kier molecular flexibility index (Phi) is 6.17. The molecule has 2 aromatic rings. The number of amides is 2. The molecule has 2 amide bonds. The Labute approximate surface area is 172 Å². The van der Waals surface area contributed by atoms with E-state index in [1.165, 1.54) is 17.9 Å². The van der Waals surface area contributed by atoms with Crippen LogP contribution in [0.5, 0.6) is 0 Å². The van der Waals surface area contributed by atoms with Gasteiger partial charge in [0.1, 0.15) is 5.82 Å². The quantitative estimate of drug-likeness (QED) is 0.751. The van der Waals surface area contributed by atoms with Crippen molar-refractivity contribution in [2.45, 2.75) is 26.4 Å². The maximum Gasteiger partial charge on any atom is 0.312 e. The number of carbonyl (C=O) groups excluding carboxylic acids is 3. The molecule has 8 heteroatoms. The molecule has 152 valence electrons. The van der Waals surface area contributed by atoms with Gasteiger partial charge in [0, 0.05) is 18.7 Å². The molecule has 1 aliphatic heterocycles. The lowest BCUT2D eigenvalue weighted by Crippen LogP contribution is -2.33. The third kappa shape index (κ3) is 4.92. The van der Waals surface area contributed by atoms with Crippen LogP contribution in [0, 0.1) is 18.7 Å². The molecule has 0 aliphatic carbocycles. The number of ether oxygens (including phenoxy) is 1. The Balaban J connectivity index is 1.58. The van der Waals surface area contributed by atoms with Gasteiger partial charge in [-0.3, -0.25) is 14.4 Å². The lowest BCUT2D eigenvalue weighted by Gasteiger charge is -2.18. The Morgan fingerprint density at radius 3 is 2.59 bits per heavy atom. The topological polar surface area (TPSA) is 75.7 Å². The molecule has 1 N–H and O–H groups in total. The van der Waals surface area contributed by atoms with Gasteiger partial charge >= 0.3 is 5.97 Å². The first-order valence-corrected chi connectivity index (χ1v) is 9.46. The molecule has 1 aliphatic rings. The summed E-state index contributed by atoms with van der Waals surface area (Å²) in [7, 11) is 0. The molecule has 1 fully saturated rings. The van der Waals surface area contributed by atoms with Gasteiger partial charge in [-0.15, -0.1) is 0 Å². The van der Waals surface area contributed by atoms with Crippen molar-refractivity contribution in [3.05, 3.63) is 58.9 Å². The first-order chi connectivity index (χ1) is 13.7. The lowest BCUT2D eigenvalue weighted by atomic mass is 10.1. The highest BCUT2D eigenvalue weighted by molar-refractivity contribution is 6.33. The molecule has 2 atom stereocenters. The van der Waals surface area contributed by atoms with Gasteiger partial charge in [-0.2, -0.15) is 0 Å². The zero-order valence-corrected chi connectivity index (χ0v) is 16.7. The van der Waals surface area contributed by atoms with Gasteiger partial charge in [0.05, 0.1) is 16.6 Å². The van der Waals surface area contributed by atoms with Crippen LogP contribution in [0.2, 0.25) is 5.02 Å². The van der Waals surface area contributed by atoms with Crippen molar-refractivity contribution in [1.29, 1.82) is 0 Å². The van der Waals surface area contributed by atoms with E-state index in [9.17, 15) is 18.8 Å². The molecule has 3 rings (SSSR count). The van der Waals surface area contributed by atoms with Crippen LogP contribution >= 0.6 is 11.6 Å². The number of hydrogen-bond donors (Lipinski definition) is 1. The molecule has 0 radical (unpaired) electrons. The van der Waals surface area contributed by atoms with E-state index in [2.05, 4.69) is 5.32 Å². The van der Waals surface area contributed by atoms with E-state index in [1.807, 2.05) is 31.2 Å². The van der Waals surface area contributed by atoms with Crippen molar-refractivity contribution in [2.75, 3.05) is 16.8 Å². The zero-order valence-electron chi connectivity index (χ0n) is 15.9. The number of nitrogens with zero attached hydrogens (tertiary/aromatic N) is 1. The van der Waals surface area contributed by atoms with Crippen LogP contribution in [-0.2, 0) is 19.1 Å². The molecule has 0 saturated carbocycles. The molecular formula is C21H20ClFN2O4. The SMILES string of the molecule is Cc1ccc(N2C[C@H](C(=O)O[C@H](C)C(=O)Nc3ccc(F)cc3Cl)CC2=O)cc1. The fourth-order valence-corrected chi connectivity index (χ4v) is 3.20. The van der Waals surface area contributed by atoms with Crippen LogP contribution in [0.15, 0.2) is 42.5 Å². The van der Waals surface area contributed by atoms with Gasteiger partial charge < -0.3 is 15.0 Å². The minimum absolute atomic E-state index is 0.0187. The van der Waals surface area contributed by atoms with E-state index < -0.39 is 29.7 Å². The Hall–Kier alpha value is -2.93. The van der Waals surface area contributed by atoms with E-state index in [1.54, 1.807) is 0 Å². The van der Waals surface area contributed by atoms with Gasteiger partial charge in [-0.25, -0.2) is 4.39 Å². The van der Waals surface area contributed by atoms with Crippen LogP contribution in [0.25, 0.3) is 0 Å². The summed E-state index contributed by atoms with van der Waals surface area (Å²) < 4.78 is 18.3. The van der Waals surface area contributed by atoms with Gasteiger partial charge in [0.2, 0.25) is 5.91 Å². The number of nitrogens with one attached hydrogen (secondary N) is 1. The van der Waals surface area contributed by atoms with Crippen molar-refractivity contribution < 1.29 is 23.5 Å². The minimum atomic E-state index is -1.10. The molecule has 1 saturated heterocycles. The predicted molar refractivity (Wildman–Crippen MR) is 107 cm³/mol. The average molecular weight is 419 g/mol. The lowest BCUT2D eigenvalue weighted by molar-refractivity contribution is -0.157. The normalized spacial score (nSPS) is 17.2. The number of esters is 1. The van der Waals surface area contributed by atoms with Crippen LogP contribution in [0.4, 0.5) is 15.8 Å². The van der Waals surface area contributed by atoms with Crippen LogP contribution < -0.4 is 10.2 Å². The standard InChI is InChI=1S/C21H20ClFN2O4/c1-12-3-6-16(7-4-12)25-11-14(9-19(25)26)21(28)29-13(2)20(27)24-18-8-5-15(23)10-17(18)22/h3-8,10,13-14H,9,11H2,1-2H3,(H,24,27)/t13-,14-/m1/s1. The van der Waals surface area contributed by atoms with Crippen molar-refractivity contribution in [2.24, 2.45) is 5.92 Å². The molecule has 0 aromatic heterocycles. The van der Waals surface area contributed by atoms with Crippen LogP contribution in [0.3, 0.4) is 0 Å². The molecule has 0 bridgehead atoms. The second-order valence-electron chi connectivity index (χ2n) is 6.93. The van der Waals surface area contributed by atoms with Crippen molar-refractivity contribution in [3.63, 3.8) is 0 Å². The maximum atomic E-state index is 13.1. The average Bonchev–Trinajstić information content (AvgIpc) is 3.06. The monoisotopic (exact) mass is 418 g/mol. The van der Waals surface area contributed by atoms with Crippen molar-refractivity contribution in [3.8, 4) is 0 Å². The number of anilines is 2. The predicted octanol–water partition coefficient (Wildman–Crippen LogP) is 3.71. The van der Waals surface area contributed by atoms with E-state index in [0.29, 0.717) is 5.69 Å². The summed E-state index contributed by atoms with van der Waals surface area (Å²) in [4.78, 5) is 38.5. The number of hydrogen-bond acceptors (Lipinski definition) is 4.